The fraction of sp³-hybridized carbons (Fsp3) is 0.312. The number of aliphatic hydroxyl groups is 1. The molecule has 0 fully saturated rings. The molecule has 0 amide bonds. The van der Waals surface area contributed by atoms with Gasteiger partial charge in [-0.2, -0.15) is 18.2 Å². The maximum Gasteiger partial charge on any atom is 0.433 e. The van der Waals surface area contributed by atoms with Crippen molar-refractivity contribution in [2.45, 2.75) is 19.5 Å². The van der Waals surface area contributed by atoms with E-state index in [1.807, 2.05) is 13.0 Å². The molecule has 138 valence electrons. The summed E-state index contributed by atoms with van der Waals surface area (Å²) in [6.45, 7) is 2.08. The van der Waals surface area contributed by atoms with Gasteiger partial charge in [0, 0.05) is 24.9 Å². The summed E-state index contributed by atoms with van der Waals surface area (Å²) < 4.78 is 40.3. The minimum Gasteiger partial charge on any atom is -0.396 e. The summed E-state index contributed by atoms with van der Waals surface area (Å²) in [6.07, 6.45) is -4.22. The van der Waals surface area contributed by atoms with E-state index >= 15 is 0 Å². The van der Waals surface area contributed by atoms with Crippen LogP contribution in [0.15, 0.2) is 24.3 Å². The van der Waals surface area contributed by atoms with Crippen LogP contribution in [0.3, 0.4) is 0 Å². The van der Waals surface area contributed by atoms with Gasteiger partial charge in [0.05, 0.1) is 15.2 Å². The van der Waals surface area contributed by atoms with Crippen LogP contribution in [-0.2, 0) is 6.18 Å². The Morgan fingerprint density at radius 3 is 2.69 bits per heavy atom. The fourth-order valence-corrected chi connectivity index (χ4v) is 3.09. The first-order chi connectivity index (χ1) is 12.3. The minimum absolute atomic E-state index is 0.0186. The number of rotatable bonds is 6. The molecule has 26 heavy (non-hydrogen) atoms. The Bertz CT molecular complexity index is 913. The van der Waals surface area contributed by atoms with Crippen molar-refractivity contribution >= 4 is 39.0 Å². The molecular weight excluding hydrogens is 367 g/mol. The van der Waals surface area contributed by atoms with Gasteiger partial charge in [-0.1, -0.05) is 0 Å². The van der Waals surface area contributed by atoms with Crippen LogP contribution in [0, 0.1) is 6.92 Å². The number of hydrogen-bond donors (Lipinski definition) is 3. The molecule has 0 unspecified atom stereocenters. The molecule has 6 nitrogen and oxygen atoms in total. The number of nitrogens with zero attached hydrogens (tertiary/aromatic N) is 3. The fourth-order valence-electron chi connectivity index (χ4n) is 2.28. The van der Waals surface area contributed by atoms with Gasteiger partial charge in [-0.3, -0.25) is 0 Å². The summed E-state index contributed by atoms with van der Waals surface area (Å²) in [5.74, 6) is -0.133. The molecule has 0 aliphatic rings. The normalized spacial score (nSPS) is 11.7. The highest BCUT2D eigenvalue weighted by atomic mass is 32.1. The number of aliphatic hydroxyl groups excluding tert-OH is 1. The summed E-state index contributed by atoms with van der Waals surface area (Å²) in [6, 6.07) is 6.23. The van der Waals surface area contributed by atoms with Crippen molar-refractivity contribution in [1.29, 1.82) is 0 Å². The number of fused-ring (bicyclic) bond motifs is 1. The van der Waals surface area contributed by atoms with Crippen LogP contribution in [0.5, 0.6) is 0 Å². The first-order valence-corrected chi connectivity index (χ1v) is 8.62. The van der Waals surface area contributed by atoms with Gasteiger partial charge in [-0.15, -0.1) is 11.3 Å². The Morgan fingerprint density at radius 2 is 1.96 bits per heavy atom. The van der Waals surface area contributed by atoms with Gasteiger partial charge in [0.25, 0.3) is 0 Å². The van der Waals surface area contributed by atoms with E-state index in [2.05, 4.69) is 25.6 Å². The number of anilines is 3. The van der Waals surface area contributed by atoms with Crippen molar-refractivity contribution in [2.75, 3.05) is 23.8 Å². The number of aryl methyl sites for hydroxylation is 1. The molecule has 1 aromatic carbocycles. The molecule has 3 N–H and O–H groups in total. The summed E-state index contributed by atoms with van der Waals surface area (Å²) in [5.41, 5.74) is 0.298. The van der Waals surface area contributed by atoms with Gasteiger partial charge >= 0.3 is 6.18 Å². The van der Waals surface area contributed by atoms with Crippen LogP contribution in [-0.4, -0.2) is 33.2 Å². The molecule has 0 aliphatic carbocycles. The molecule has 2 aromatic heterocycles. The third-order valence-electron chi connectivity index (χ3n) is 3.40. The molecule has 0 atom stereocenters. The number of benzene rings is 1. The van der Waals surface area contributed by atoms with Crippen LogP contribution in [0.1, 0.15) is 17.1 Å². The van der Waals surface area contributed by atoms with Gasteiger partial charge in [-0.25, -0.2) is 9.97 Å². The lowest BCUT2D eigenvalue weighted by Gasteiger charge is -2.12. The molecule has 0 aliphatic heterocycles. The Hall–Kier alpha value is -2.46. The topological polar surface area (TPSA) is 83.0 Å². The predicted molar refractivity (Wildman–Crippen MR) is 94.9 cm³/mol. The van der Waals surface area contributed by atoms with Crippen LogP contribution >= 0.6 is 11.3 Å². The van der Waals surface area contributed by atoms with E-state index in [1.165, 1.54) is 0 Å². The molecule has 3 aromatic rings. The molecule has 10 heteroatoms. The van der Waals surface area contributed by atoms with E-state index < -0.39 is 11.9 Å². The molecule has 0 radical (unpaired) electrons. The molecular formula is C16H16F3N5OS. The third kappa shape index (κ3) is 4.38. The summed E-state index contributed by atoms with van der Waals surface area (Å²) >= 11 is 1.54. The average Bonchev–Trinajstić information content (AvgIpc) is 2.93. The quantitative estimate of drug-likeness (QED) is 0.559. The molecule has 2 heterocycles. The highest BCUT2D eigenvalue weighted by Crippen LogP contribution is 2.31. The molecule has 0 saturated carbocycles. The standard InChI is InChI=1S/C16H16F3N5OS/c1-9-21-11-7-10(3-4-12(11)26-9)22-14-8-13(16(17,18)19)23-15(24-14)20-5-2-6-25/h3-4,7-8,25H,2,5-6H2,1H3,(H2,20,22,23,24). The minimum atomic E-state index is -4.59. The van der Waals surface area contributed by atoms with Gasteiger partial charge in [0.15, 0.2) is 5.69 Å². The summed E-state index contributed by atoms with van der Waals surface area (Å²) in [5, 5.41) is 15.3. The van der Waals surface area contributed by atoms with Crippen molar-refractivity contribution in [3.05, 3.63) is 35.0 Å². The zero-order chi connectivity index (χ0) is 18.7. The first-order valence-electron chi connectivity index (χ1n) is 7.80. The van der Waals surface area contributed by atoms with E-state index in [0.717, 1.165) is 21.3 Å². The smallest absolute Gasteiger partial charge is 0.396 e. The van der Waals surface area contributed by atoms with Gasteiger partial charge in [0.1, 0.15) is 5.82 Å². The van der Waals surface area contributed by atoms with Crippen LogP contribution in [0.25, 0.3) is 10.2 Å². The number of nitrogens with one attached hydrogen (secondary N) is 2. The monoisotopic (exact) mass is 383 g/mol. The number of alkyl halides is 3. The lowest BCUT2D eigenvalue weighted by Crippen LogP contribution is -2.14. The van der Waals surface area contributed by atoms with Gasteiger partial charge < -0.3 is 15.7 Å². The number of halogens is 3. The van der Waals surface area contributed by atoms with Crippen molar-refractivity contribution in [3.63, 3.8) is 0 Å². The Labute approximate surface area is 151 Å². The Balaban J connectivity index is 1.89. The number of aromatic nitrogens is 3. The second-order valence-corrected chi connectivity index (χ2v) is 6.74. The third-order valence-corrected chi connectivity index (χ3v) is 4.35. The molecule has 0 spiro atoms. The predicted octanol–water partition coefficient (Wildman–Crippen LogP) is 3.95. The van der Waals surface area contributed by atoms with Gasteiger partial charge in [-0.05, 0) is 31.5 Å². The average molecular weight is 383 g/mol. The van der Waals surface area contributed by atoms with Gasteiger partial charge in [0.2, 0.25) is 5.95 Å². The maximum absolute atomic E-state index is 13.1. The zero-order valence-corrected chi connectivity index (χ0v) is 14.6. The zero-order valence-electron chi connectivity index (χ0n) is 13.8. The second kappa shape index (κ2) is 7.42. The van der Waals surface area contributed by atoms with Crippen molar-refractivity contribution in [2.24, 2.45) is 0 Å². The van der Waals surface area contributed by atoms with Crippen molar-refractivity contribution in [1.82, 2.24) is 15.0 Å². The summed E-state index contributed by atoms with van der Waals surface area (Å²) in [7, 11) is 0. The number of thiazole rings is 1. The summed E-state index contributed by atoms with van der Waals surface area (Å²) in [4.78, 5) is 11.9. The van der Waals surface area contributed by atoms with Crippen LogP contribution < -0.4 is 10.6 Å². The lowest BCUT2D eigenvalue weighted by atomic mass is 10.3. The molecule has 3 rings (SSSR count). The largest absolute Gasteiger partial charge is 0.433 e. The van der Waals surface area contributed by atoms with E-state index in [0.29, 0.717) is 12.1 Å². The molecule has 0 bridgehead atoms. The van der Waals surface area contributed by atoms with E-state index in [1.54, 1.807) is 23.5 Å². The SMILES string of the molecule is Cc1nc2cc(Nc3cc(C(F)(F)F)nc(NCCCO)n3)ccc2s1. The first kappa shape index (κ1) is 18.3. The van der Waals surface area contributed by atoms with E-state index in [4.69, 9.17) is 5.11 Å². The van der Waals surface area contributed by atoms with E-state index in [-0.39, 0.29) is 24.9 Å². The second-order valence-electron chi connectivity index (χ2n) is 5.50. The Morgan fingerprint density at radius 1 is 1.15 bits per heavy atom. The molecule has 0 saturated heterocycles. The van der Waals surface area contributed by atoms with E-state index in [9.17, 15) is 13.2 Å². The highest BCUT2D eigenvalue weighted by Gasteiger charge is 2.33. The van der Waals surface area contributed by atoms with Crippen LogP contribution in [0.4, 0.5) is 30.6 Å². The van der Waals surface area contributed by atoms with Crippen LogP contribution in [0.2, 0.25) is 0 Å². The lowest BCUT2D eigenvalue weighted by molar-refractivity contribution is -0.141. The number of hydrogen-bond acceptors (Lipinski definition) is 7. The Kier molecular flexibility index (Phi) is 5.23. The highest BCUT2D eigenvalue weighted by molar-refractivity contribution is 7.18. The van der Waals surface area contributed by atoms with Crippen molar-refractivity contribution < 1.29 is 18.3 Å². The van der Waals surface area contributed by atoms with Crippen molar-refractivity contribution in [3.8, 4) is 0 Å². The maximum atomic E-state index is 13.1.